The molecule has 6 nitrogen and oxygen atoms in total. The molecule has 25 heavy (non-hydrogen) atoms. The maximum atomic E-state index is 12.1. The Hall–Kier alpha value is -2.67. The Labute approximate surface area is 149 Å². The largest absolute Gasteiger partial charge is 0.352 e. The first kappa shape index (κ1) is 17.2. The van der Waals surface area contributed by atoms with Gasteiger partial charge in [-0.15, -0.1) is 11.3 Å². The van der Waals surface area contributed by atoms with Gasteiger partial charge in [0.1, 0.15) is 0 Å². The summed E-state index contributed by atoms with van der Waals surface area (Å²) in [6.45, 7) is 4.14. The van der Waals surface area contributed by atoms with Crippen LogP contribution in [0.5, 0.6) is 0 Å². The molecule has 0 saturated carbocycles. The van der Waals surface area contributed by atoms with E-state index < -0.39 is 0 Å². The lowest BCUT2D eigenvalue weighted by Gasteiger charge is -2.09. The highest BCUT2D eigenvalue weighted by Gasteiger charge is 2.09. The first-order valence-electron chi connectivity index (χ1n) is 8.09. The number of carbonyl (C=O) groups excluding carboxylic acids is 2. The van der Waals surface area contributed by atoms with Crippen molar-refractivity contribution < 1.29 is 9.59 Å². The van der Waals surface area contributed by atoms with Crippen molar-refractivity contribution in [3.8, 4) is 0 Å². The van der Waals surface area contributed by atoms with Gasteiger partial charge in [0, 0.05) is 35.9 Å². The van der Waals surface area contributed by atoms with Crippen molar-refractivity contribution in [1.29, 1.82) is 0 Å². The van der Waals surface area contributed by atoms with E-state index in [1.54, 1.807) is 11.3 Å². The molecule has 0 radical (unpaired) electrons. The molecule has 3 rings (SSSR count). The topological polar surface area (TPSA) is 75.5 Å². The summed E-state index contributed by atoms with van der Waals surface area (Å²) >= 11 is 1.54. The first-order chi connectivity index (χ1) is 12.0. The van der Waals surface area contributed by atoms with E-state index in [0.29, 0.717) is 6.54 Å². The van der Waals surface area contributed by atoms with Gasteiger partial charge in [-0.25, -0.2) is 4.98 Å². The van der Waals surface area contributed by atoms with Crippen LogP contribution in [0.4, 0.5) is 5.69 Å². The minimum absolute atomic E-state index is 0.0129. The molecule has 1 aromatic carbocycles. The lowest BCUT2D eigenvalue weighted by atomic mass is 10.1. The van der Waals surface area contributed by atoms with Crippen LogP contribution >= 0.6 is 11.3 Å². The van der Waals surface area contributed by atoms with Gasteiger partial charge in [-0.1, -0.05) is 26.0 Å². The molecule has 0 spiro atoms. The molecule has 0 atom stereocenters. The second-order valence-corrected chi connectivity index (χ2v) is 6.99. The van der Waals surface area contributed by atoms with Crippen LogP contribution < -0.4 is 10.6 Å². The molecule has 0 aliphatic heterocycles. The van der Waals surface area contributed by atoms with E-state index in [4.69, 9.17) is 0 Å². The number of anilines is 1. The second kappa shape index (κ2) is 7.48. The summed E-state index contributed by atoms with van der Waals surface area (Å²) in [6.07, 6.45) is 4.06. The zero-order valence-corrected chi connectivity index (χ0v) is 15.0. The van der Waals surface area contributed by atoms with Crippen LogP contribution in [0.25, 0.3) is 4.96 Å². The average Bonchev–Trinajstić information content (AvgIpc) is 3.15. The molecular formula is C18H20N4O2S. The van der Waals surface area contributed by atoms with Gasteiger partial charge in [0.25, 0.3) is 0 Å². The van der Waals surface area contributed by atoms with Crippen molar-refractivity contribution in [2.75, 3.05) is 5.32 Å². The molecular weight excluding hydrogens is 336 g/mol. The van der Waals surface area contributed by atoms with E-state index in [2.05, 4.69) is 15.6 Å². The number of imidazole rings is 1. The van der Waals surface area contributed by atoms with Crippen molar-refractivity contribution in [2.24, 2.45) is 5.92 Å². The highest BCUT2D eigenvalue weighted by molar-refractivity contribution is 7.15. The summed E-state index contributed by atoms with van der Waals surface area (Å²) in [5.74, 6) is -0.138. The van der Waals surface area contributed by atoms with E-state index in [1.807, 2.05) is 60.3 Å². The van der Waals surface area contributed by atoms with Gasteiger partial charge >= 0.3 is 0 Å². The number of amides is 2. The van der Waals surface area contributed by atoms with Crippen LogP contribution in [-0.2, 0) is 22.6 Å². The van der Waals surface area contributed by atoms with E-state index in [1.165, 1.54) is 0 Å². The highest BCUT2D eigenvalue weighted by atomic mass is 32.1. The van der Waals surface area contributed by atoms with Crippen LogP contribution in [0.3, 0.4) is 0 Å². The fraction of sp³-hybridized carbons (Fsp3) is 0.278. The molecule has 0 bridgehead atoms. The minimum atomic E-state index is -0.0667. The third-order valence-electron chi connectivity index (χ3n) is 3.72. The first-order valence-corrected chi connectivity index (χ1v) is 8.97. The maximum Gasteiger partial charge on any atom is 0.226 e. The number of benzene rings is 1. The van der Waals surface area contributed by atoms with Crippen LogP contribution in [-0.4, -0.2) is 21.2 Å². The zero-order chi connectivity index (χ0) is 17.8. The number of aromatic nitrogens is 2. The monoisotopic (exact) mass is 356 g/mol. The third-order valence-corrected chi connectivity index (χ3v) is 4.49. The van der Waals surface area contributed by atoms with Crippen LogP contribution in [0.15, 0.2) is 42.0 Å². The SMILES string of the molecule is CC(C)C(=O)Nc1ccc(CNC(=O)Cc2cn3ccsc3n2)cc1. The van der Waals surface area contributed by atoms with Crippen LogP contribution in [0.2, 0.25) is 0 Å². The van der Waals surface area contributed by atoms with E-state index >= 15 is 0 Å². The Morgan fingerprint density at radius 1 is 1.24 bits per heavy atom. The van der Waals surface area contributed by atoms with E-state index in [9.17, 15) is 9.59 Å². The number of carbonyl (C=O) groups is 2. The van der Waals surface area contributed by atoms with Crippen molar-refractivity contribution in [1.82, 2.24) is 14.7 Å². The van der Waals surface area contributed by atoms with Gasteiger partial charge in [0.15, 0.2) is 4.96 Å². The number of hydrogen-bond donors (Lipinski definition) is 2. The van der Waals surface area contributed by atoms with Crippen molar-refractivity contribution in [2.45, 2.75) is 26.8 Å². The summed E-state index contributed by atoms with van der Waals surface area (Å²) in [6, 6.07) is 7.46. The van der Waals surface area contributed by atoms with Gasteiger partial charge in [-0.05, 0) is 17.7 Å². The maximum absolute atomic E-state index is 12.1. The Morgan fingerprint density at radius 2 is 2.00 bits per heavy atom. The molecule has 0 aliphatic rings. The molecule has 0 saturated heterocycles. The molecule has 7 heteroatoms. The molecule has 0 unspecified atom stereocenters. The van der Waals surface area contributed by atoms with Crippen molar-refractivity contribution in [3.63, 3.8) is 0 Å². The number of rotatable bonds is 6. The fourth-order valence-electron chi connectivity index (χ4n) is 2.28. The fourth-order valence-corrected chi connectivity index (χ4v) is 3.00. The van der Waals surface area contributed by atoms with Gasteiger partial charge in [-0.3, -0.25) is 14.0 Å². The summed E-state index contributed by atoms with van der Waals surface area (Å²) in [4.78, 5) is 29.0. The zero-order valence-electron chi connectivity index (χ0n) is 14.2. The van der Waals surface area contributed by atoms with Crippen molar-refractivity contribution in [3.05, 3.63) is 53.3 Å². The number of nitrogens with zero attached hydrogens (tertiary/aromatic N) is 2. The molecule has 2 aromatic heterocycles. The number of hydrogen-bond acceptors (Lipinski definition) is 4. The highest BCUT2D eigenvalue weighted by Crippen LogP contribution is 2.13. The molecule has 3 aromatic rings. The number of nitrogens with one attached hydrogen (secondary N) is 2. The lowest BCUT2D eigenvalue weighted by molar-refractivity contribution is -0.120. The summed E-state index contributed by atoms with van der Waals surface area (Å²) in [5, 5.41) is 7.69. The average molecular weight is 356 g/mol. The van der Waals surface area contributed by atoms with E-state index in [0.717, 1.165) is 21.9 Å². The lowest BCUT2D eigenvalue weighted by Crippen LogP contribution is -2.24. The standard InChI is InChI=1S/C18H20N4O2S/c1-12(2)17(24)20-14-5-3-13(4-6-14)10-19-16(23)9-15-11-22-7-8-25-18(22)21-15/h3-8,11-12H,9-10H2,1-2H3,(H,19,23)(H,20,24). The molecule has 0 fully saturated rings. The summed E-state index contributed by atoms with van der Waals surface area (Å²) < 4.78 is 1.91. The van der Waals surface area contributed by atoms with Crippen LogP contribution in [0.1, 0.15) is 25.1 Å². The van der Waals surface area contributed by atoms with E-state index in [-0.39, 0.29) is 24.2 Å². The van der Waals surface area contributed by atoms with Crippen LogP contribution in [0, 0.1) is 5.92 Å². The Kier molecular flexibility index (Phi) is 5.14. The minimum Gasteiger partial charge on any atom is -0.352 e. The molecule has 2 amide bonds. The summed E-state index contributed by atoms with van der Waals surface area (Å²) in [7, 11) is 0. The number of fused-ring (bicyclic) bond motifs is 1. The molecule has 2 heterocycles. The third kappa shape index (κ3) is 4.45. The normalized spacial score (nSPS) is 11.0. The predicted octanol–water partition coefficient (Wildman–Crippen LogP) is 2.85. The quantitative estimate of drug-likeness (QED) is 0.713. The predicted molar refractivity (Wildman–Crippen MR) is 98.5 cm³/mol. The summed E-state index contributed by atoms with van der Waals surface area (Å²) in [5.41, 5.74) is 2.49. The van der Waals surface area contributed by atoms with Gasteiger partial charge < -0.3 is 10.6 Å². The van der Waals surface area contributed by atoms with Gasteiger partial charge in [0.2, 0.25) is 11.8 Å². The Bertz CT molecular complexity index is 852. The van der Waals surface area contributed by atoms with Gasteiger partial charge in [0.05, 0.1) is 12.1 Å². The molecule has 130 valence electrons. The second-order valence-electron chi connectivity index (χ2n) is 6.12. The molecule has 2 N–H and O–H groups in total. The van der Waals surface area contributed by atoms with Gasteiger partial charge in [-0.2, -0.15) is 0 Å². The Morgan fingerprint density at radius 3 is 2.68 bits per heavy atom. The number of thiazole rings is 1. The smallest absolute Gasteiger partial charge is 0.226 e. The molecule has 0 aliphatic carbocycles. The Balaban J connectivity index is 1.50. The van der Waals surface area contributed by atoms with Crippen molar-refractivity contribution >= 4 is 33.8 Å².